The molecule has 0 aliphatic rings. The molecule has 0 aliphatic carbocycles. The van der Waals surface area contributed by atoms with Crippen LogP contribution in [0, 0.1) is 5.92 Å². The zero-order chi connectivity index (χ0) is 14.4. The van der Waals surface area contributed by atoms with Crippen LogP contribution in [0.3, 0.4) is 0 Å². The summed E-state index contributed by atoms with van der Waals surface area (Å²) in [5.41, 5.74) is 2.24. The maximum absolute atomic E-state index is 4.19. The highest BCUT2D eigenvalue weighted by atomic mass is 32.2. The van der Waals surface area contributed by atoms with Gasteiger partial charge in [-0.2, -0.15) is 0 Å². The van der Waals surface area contributed by atoms with Crippen molar-refractivity contribution in [2.24, 2.45) is 5.92 Å². The van der Waals surface area contributed by atoms with Gasteiger partial charge in [0.15, 0.2) is 0 Å². The number of hydrogen-bond donors (Lipinski definition) is 1. The monoisotopic (exact) mass is 290 g/mol. The van der Waals surface area contributed by atoms with Crippen molar-refractivity contribution in [1.82, 2.24) is 20.3 Å². The molecule has 108 valence electrons. The Morgan fingerprint density at radius 3 is 2.65 bits per heavy atom. The molecule has 0 radical (unpaired) electrons. The number of rotatable bonds is 7. The first-order chi connectivity index (χ1) is 9.67. The molecule has 0 spiro atoms. The lowest BCUT2D eigenvalue weighted by Crippen LogP contribution is -2.19. The molecule has 0 fully saturated rings. The van der Waals surface area contributed by atoms with Gasteiger partial charge in [-0.05, 0) is 36.4 Å². The van der Waals surface area contributed by atoms with E-state index >= 15 is 0 Å². The molecule has 0 saturated carbocycles. The van der Waals surface area contributed by atoms with Gasteiger partial charge in [0, 0.05) is 11.4 Å². The summed E-state index contributed by atoms with van der Waals surface area (Å²) in [6.07, 6.45) is 4.10. The van der Waals surface area contributed by atoms with Gasteiger partial charge in [-0.1, -0.05) is 31.2 Å². The van der Waals surface area contributed by atoms with Crippen LogP contribution in [0.25, 0.3) is 0 Å². The Morgan fingerprint density at radius 1 is 1.25 bits per heavy atom. The molecule has 0 aliphatic heterocycles. The smallest absolute Gasteiger partial charge is 0.0964 e. The van der Waals surface area contributed by atoms with Crippen LogP contribution in [0.5, 0.6) is 0 Å². The van der Waals surface area contributed by atoms with Gasteiger partial charge >= 0.3 is 0 Å². The van der Waals surface area contributed by atoms with Crippen molar-refractivity contribution in [3.63, 3.8) is 0 Å². The van der Waals surface area contributed by atoms with Crippen LogP contribution in [0.1, 0.15) is 25.1 Å². The fraction of sp³-hybridized carbons (Fsp3) is 0.467. The first-order valence-corrected chi connectivity index (χ1v) is 8.12. The van der Waals surface area contributed by atoms with Gasteiger partial charge < -0.3 is 5.32 Å². The van der Waals surface area contributed by atoms with Crippen LogP contribution >= 0.6 is 11.8 Å². The van der Waals surface area contributed by atoms with Crippen molar-refractivity contribution < 1.29 is 0 Å². The summed E-state index contributed by atoms with van der Waals surface area (Å²) in [4.78, 5) is 1.28. The average molecular weight is 290 g/mol. The third-order valence-corrected chi connectivity index (χ3v) is 3.69. The highest BCUT2D eigenvalue weighted by molar-refractivity contribution is 7.98. The maximum atomic E-state index is 4.19. The van der Waals surface area contributed by atoms with E-state index < -0.39 is 0 Å². The minimum atomic E-state index is 0.653. The van der Waals surface area contributed by atoms with E-state index in [0.717, 1.165) is 25.3 Å². The molecule has 2 rings (SSSR count). The Kier molecular flexibility index (Phi) is 5.61. The second-order valence-corrected chi connectivity index (χ2v) is 6.16. The average Bonchev–Trinajstić information content (AvgIpc) is 2.87. The summed E-state index contributed by atoms with van der Waals surface area (Å²) < 4.78 is 1.89. The zero-order valence-corrected chi connectivity index (χ0v) is 13.2. The normalized spacial score (nSPS) is 11.2. The van der Waals surface area contributed by atoms with Crippen molar-refractivity contribution in [1.29, 1.82) is 0 Å². The number of thioether (sulfide) groups is 1. The topological polar surface area (TPSA) is 42.7 Å². The SMILES string of the molecule is CSc1ccc(Cn2cc(CNCC(C)C)nn2)cc1. The van der Waals surface area contributed by atoms with Gasteiger partial charge in [-0.15, -0.1) is 16.9 Å². The van der Waals surface area contributed by atoms with Crippen LogP contribution in [-0.2, 0) is 13.1 Å². The molecule has 0 bridgehead atoms. The quantitative estimate of drug-likeness (QED) is 0.796. The van der Waals surface area contributed by atoms with E-state index in [1.807, 2.05) is 10.9 Å². The van der Waals surface area contributed by atoms with E-state index in [1.165, 1.54) is 10.5 Å². The highest BCUT2D eigenvalue weighted by Crippen LogP contribution is 2.15. The summed E-state index contributed by atoms with van der Waals surface area (Å²) in [6, 6.07) is 8.57. The van der Waals surface area contributed by atoms with Crippen LogP contribution in [0.2, 0.25) is 0 Å². The second kappa shape index (κ2) is 7.45. The molecular formula is C15H22N4S. The predicted molar refractivity (Wildman–Crippen MR) is 83.9 cm³/mol. The van der Waals surface area contributed by atoms with Crippen LogP contribution in [0.15, 0.2) is 35.4 Å². The molecule has 1 heterocycles. The number of hydrogen-bond acceptors (Lipinski definition) is 4. The van der Waals surface area contributed by atoms with E-state index in [0.29, 0.717) is 5.92 Å². The van der Waals surface area contributed by atoms with Crippen LogP contribution in [0.4, 0.5) is 0 Å². The van der Waals surface area contributed by atoms with Crippen molar-refractivity contribution in [3.05, 3.63) is 41.7 Å². The summed E-state index contributed by atoms with van der Waals surface area (Å²) in [6.45, 7) is 6.95. The van der Waals surface area contributed by atoms with Gasteiger partial charge in [0.2, 0.25) is 0 Å². The Hall–Kier alpha value is -1.33. The molecule has 1 aromatic carbocycles. The summed E-state index contributed by atoms with van der Waals surface area (Å²) >= 11 is 1.76. The zero-order valence-electron chi connectivity index (χ0n) is 12.3. The number of aromatic nitrogens is 3. The predicted octanol–water partition coefficient (Wildman–Crippen LogP) is 2.79. The highest BCUT2D eigenvalue weighted by Gasteiger charge is 2.02. The van der Waals surface area contributed by atoms with Crippen molar-refractivity contribution >= 4 is 11.8 Å². The molecule has 0 amide bonds. The first kappa shape index (κ1) is 15.1. The van der Waals surface area contributed by atoms with Gasteiger partial charge in [0.1, 0.15) is 0 Å². The van der Waals surface area contributed by atoms with Gasteiger partial charge in [-0.25, -0.2) is 4.68 Å². The largest absolute Gasteiger partial charge is 0.311 e. The van der Waals surface area contributed by atoms with Gasteiger partial charge in [0.25, 0.3) is 0 Å². The van der Waals surface area contributed by atoms with E-state index in [-0.39, 0.29) is 0 Å². The molecule has 0 atom stereocenters. The fourth-order valence-corrected chi connectivity index (χ4v) is 2.31. The first-order valence-electron chi connectivity index (χ1n) is 6.90. The molecule has 1 N–H and O–H groups in total. The standard InChI is InChI=1S/C15H22N4S/c1-12(2)8-16-9-14-11-19(18-17-14)10-13-4-6-15(20-3)7-5-13/h4-7,11-12,16H,8-10H2,1-3H3. The maximum Gasteiger partial charge on any atom is 0.0964 e. The van der Waals surface area contributed by atoms with Gasteiger partial charge in [-0.3, -0.25) is 0 Å². The molecule has 0 unspecified atom stereocenters. The van der Waals surface area contributed by atoms with E-state index in [9.17, 15) is 0 Å². The van der Waals surface area contributed by atoms with Crippen molar-refractivity contribution in [3.8, 4) is 0 Å². The van der Waals surface area contributed by atoms with E-state index in [4.69, 9.17) is 0 Å². The number of nitrogens with zero attached hydrogens (tertiary/aromatic N) is 3. The lowest BCUT2D eigenvalue weighted by Gasteiger charge is -2.04. The van der Waals surface area contributed by atoms with E-state index in [2.05, 4.69) is 60.0 Å². The Morgan fingerprint density at radius 2 is 2.00 bits per heavy atom. The fourth-order valence-electron chi connectivity index (χ4n) is 1.90. The third-order valence-electron chi connectivity index (χ3n) is 2.95. The molecule has 4 nitrogen and oxygen atoms in total. The Bertz CT molecular complexity index is 519. The Balaban J connectivity index is 1.88. The van der Waals surface area contributed by atoms with Crippen molar-refractivity contribution in [2.45, 2.75) is 31.8 Å². The molecule has 1 aromatic heterocycles. The molecule has 5 heteroatoms. The van der Waals surface area contributed by atoms with Crippen LogP contribution in [-0.4, -0.2) is 27.8 Å². The molecular weight excluding hydrogens is 268 g/mol. The third kappa shape index (κ3) is 4.65. The number of nitrogens with one attached hydrogen (secondary N) is 1. The Labute approximate surface area is 125 Å². The minimum Gasteiger partial charge on any atom is -0.311 e. The molecule has 20 heavy (non-hydrogen) atoms. The molecule has 2 aromatic rings. The summed E-state index contributed by atoms with van der Waals surface area (Å²) in [5, 5.41) is 11.7. The van der Waals surface area contributed by atoms with Gasteiger partial charge in [0.05, 0.1) is 18.4 Å². The summed E-state index contributed by atoms with van der Waals surface area (Å²) in [5.74, 6) is 0.653. The van der Waals surface area contributed by atoms with E-state index in [1.54, 1.807) is 11.8 Å². The lowest BCUT2D eigenvalue weighted by atomic mass is 10.2. The minimum absolute atomic E-state index is 0.653. The number of benzene rings is 1. The van der Waals surface area contributed by atoms with Crippen molar-refractivity contribution in [2.75, 3.05) is 12.8 Å². The second-order valence-electron chi connectivity index (χ2n) is 5.28. The van der Waals surface area contributed by atoms with Crippen LogP contribution < -0.4 is 5.32 Å². The lowest BCUT2D eigenvalue weighted by molar-refractivity contribution is 0.548. The molecule has 0 saturated heterocycles. The summed E-state index contributed by atoms with van der Waals surface area (Å²) in [7, 11) is 0.